The molecule has 8 nitrogen and oxygen atoms in total. The summed E-state index contributed by atoms with van der Waals surface area (Å²) in [5.41, 5.74) is 2.25. The van der Waals surface area contributed by atoms with Crippen molar-refractivity contribution in [3.05, 3.63) is 30.4 Å². The lowest BCUT2D eigenvalue weighted by Gasteiger charge is -2.33. The van der Waals surface area contributed by atoms with Gasteiger partial charge in [0.2, 0.25) is 5.95 Å². The summed E-state index contributed by atoms with van der Waals surface area (Å²) in [7, 11) is 0. The molecule has 0 unspecified atom stereocenters. The molecule has 2 fully saturated rings. The summed E-state index contributed by atoms with van der Waals surface area (Å²) in [4.78, 5) is 20.5. The summed E-state index contributed by atoms with van der Waals surface area (Å²) in [6.45, 7) is 6.15. The molecule has 0 aromatic carbocycles. The number of pyridine rings is 1. The number of aliphatic hydroxyl groups excluding tert-OH is 1. The topological polar surface area (TPSA) is 92.0 Å². The van der Waals surface area contributed by atoms with Gasteiger partial charge in [-0.25, -0.2) is 15.0 Å². The Morgan fingerprint density at radius 1 is 1.17 bits per heavy atom. The van der Waals surface area contributed by atoms with Gasteiger partial charge in [0.05, 0.1) is 11.7 Å². The highest BCUT2D eigenvalue weighted by molar-refractivity contribution is 5.79. The molecular formula is C21H27N7O. The monoisotopic (exact) mass is 393 g/mol. The van der Waals surface area contributed by atoms with Gasteiger partial charge in [-0.2, -0.15) is 4.98 Å². The van der Waals surface area contributed by atoms with Crippen LogP contribution in [0.1, 0.15) is 51.4 Å². The Labute approximate surface area is 170 Å². The van der Waals surface area contributed by atoms with E-state index in [-0.39, 0.29) is 12.6 Å². The van der Waals surface area contributed by atoms with Crippen LogP contribution >= 0.6 is 0 Å². The summed E-state index contributed by atoms with van der Waals surface area (Å²) in [5, 5.41) is 12.9. The molecule has 1 aliphatic carbocycles. The fraction of sp³-hybridized carbons (Fsp3) is 0.524. The Hall–Kier alpha value is -2.74. The minimum absolute atomic E-state index is 0.0950. The second-order valence-corrected chi connectivity index (χ2v) is 8.60. The molecule has 152 valence electrons. The zero-order chi connectivity index (χ0) is 20.0. The molecule has 4 heterocycles. The summed E-state index contributed by atoms with van der Waals surface area (Å²) < 4.78 is 2.04. The Morgan fingerprint density at radius 3 is 2.79 bits per heavy atom. The minimum Gasteiger partial charge on any atom is -0.388 e. The van der Waals surface area contributed by atoms with E-state index in [4.69, 9.17) is 4.98 Å². The first kappa shape index (κ1) is 18.3. The lowest BCUT2D eigenvalue weighted by Crippen LogP contribution is -2.37. The number of imidazole rings is 1. The van der Waals surface area contributed by atoms with Crippen molar-refractivity contribution < 1.29 is 5.11 Å². The highest BCUT2D eigenvalue weighted by Gasteiger charge is 2.45. The lowest BCUT2D eigenvalue weighted by atomic mass is 9.95. The number of anilines is 3. The Balaban J connectivity index is 1.41. The maximum absolute atomic E-state index is 9.63. The van der Waals surface area contributed by atoms with E-state index in [1.165, 1.54) is 25.7 Å². The molecule has 1 spiro atoms. The third-order valence-electron chi connectivity index (χ3n) is 6.11. The highest BCUT2D eigenvalue weighted by atomic mass is 16.3. The third kappa shape index (κ3) is 3.42. The number of aromatic nitrogens is 5. The van der Waals surface area contributed by atoms with Crippen LogP contribution in [0.25, 0.3) is 11.0 Å². The maximum Gasteiger partial charge on any atom is 0.227 e. The van der Waals surface area contributed by atoms with E-state index in [1.54, 1.807) is 12.4 Å². The van der Waals surface area contributed by atoms with Gasteiger partial charge in [0.1, 0.15) is 29.6 Å². The normalized spacial score (nSPS) is 18.0. The van der Waals surface area contributed by atoms with Crippen molar-refractivity contribution in [2.75, 3.05) is 23.3 Å². The van der Waals surface area contributed by atoms with Crippen molar-refractivity contribution >= 4 is 28.6 Å². The van der Waals surface area contributed by atoms with Gasteiger partial charge in [-0.3, -0.25) is 0 Å². The third-order valence-corrected chi connectivity index (χ3v) is 6.11. The number of piperidine rings is 1. The number of rotatable bonds is 5. The second kappa shape index (κ2) is 6.95. The number of nitrogens with one attached hydrogen (secondary N) is 1. The van der Waals surface area contributed by atoms with Gasteiger partial charge in [-0.1, -0.05) is 0 Å². The van der Waals surface area contributed by atoms with Crippen molar-refractivity contribution in [1.82, 2.24) is 24.5 Å². The summed E-state index contributed by atoms with van der Waals surface area (Å²) in [5.74, 6) is 2.87. The SMILES string of the molecule is CC(C)n1c(CO)nc2cnc(Nc3ccnc(N4CCCC5(CC5)C4)n3)cc21. The first-order valence-electron chi connectivity index (χ1n) is 10.4. The molecule has 0 bridgehead atoms. The van der Waals surface area contributed by atoms with Crippen LogP contribution in [-0.2, 0) is 6.61 Å². The fourth-order valence-corrected chi connectivity index (χ4v) is 4.47. The van der Waals surface area contributed by atoms with Crippen molar-refractivity contribution in [1.29, 1.82) is 0 Å². The molecule has 8 heteroatoms. The molecule has 1 saturated heterocycles. The largest absolute Gasteiger partial charge is 0.388 e. The summed E-state index contributed by atoms with van der Waals surface area (Å²) >= 11 is 0. The number of hydrogen-bond acceptors (Lipinski definition) is 7. The van der Waals surface area contributed by atoms with Crippen LogP contribution in [0.4, 0.5) is 17.6 Å². The second-order valence-electron chi connectivity index (χ2n) is 8.60. The average molecular weight is 393 g/mol. The van der Waals surface area contributed by atoms with Crippen molar-refractivity contribution in [3.63, 3.8) is 0 Å². The van der Waals surface area contributed by atoms with Crippen LogP contribution in [0.2, 0.25) is 0 Å². The van der Waals surface area contributed by atoms with Crippen molar-refractivity contribution in [2.45, 2.75) is 52.2 Å². The molecule has 0 amide bonds. The average Bonchev–Trinajstić information content (AvgIpc) is 3.35. The first-order valence-corrected chi connectivity index (χ1v) is 10.4. The molecule has 5 rings (SSSR count). The number of fused-ring (bicyclic) bond motifs is 1. The lowest BCUT2D eigenvalue weighted by molar-refractivity contribution is 0.263. The number of hydrogen-bond donors (Lipinski definition) is 2. The molecule has 29 heavy (non-hydrogen) atoms. The predicted octanol–water partition coefficient (Wildman–Crippen LogP) is 3.42. The molecule has 3 aromatic heterocycles. The molecule has 3 aromatic rings. The van der Waals surface area contributed by atoms with Gasteiger partial charge in [0.15, 0.2) is 0 Å². The van der Waals surface area contributed by atoms with Crippen LogP contribution in [0.15, 0.2) is 24.5 Å². The van der Waals surface area contributed by atoms with E-state index in [0.717, 1.165) is 35.9 Å². The summed E-state index contributed by atoms with van der Waals surface area (Å²) in [6, 6.07) is 4.02. The van der Waals surface area contributed by atoms with Gasteiger partial charge in [0, 0.05) is 31.4 Å². The van der Waals surface area contributed by atoms with E-state index in [2.05, 4.69) is 39.0 Å². The smallest absolute Gasteiger partial charge is 0.227 e. The highest BCUT2D eigenvalue weighted by Crippen LogP contribution is 2.52. The van der Waals surface area contributed by atoms with E-state index < -0.39 is 0 Å². The molecule has 2 aliphatic rings. The quantitative estimate of drug-likeness (QED) is 0.686. The molecule has 0 radical (unpaired) electrons. The zero-order valence-electron chi connectivity index (χ0n) is 17.0. The van der Waals surface area contributed by atoms with Crippen molar-refractivity contribution in [2.24, 2.45) is 5.41 Å². The zero-order valence-corrected chi connectivity index (χ0v) is 17.0. The molecule has 1 aliphatic heterocycles. The van der Waals surface area contributed by atoms with Crippen molar-refractivity contribution in [3.8, 4) is 0 Å². The maximum atomic E-state index is 9.63. The standard InChI is InChI=1S/C21H27N7O/c1-14(2)28-16-10-18(23-11-15(16)24-19(28)12-29)25-17-4-8-22-20(26-17)27-9-3-5-21(13-27)6-7-21/h4,8,10-11,14,29H,3,5-7,9,12-13H2,1-2H3,(H,22,23,25,26). The fourth-order valence-electron chi connectivity index (χ4n) is 4.47. The van der Waals surface area contributed by atoms with Crippen LogP contribution in [0, 0.1) is 5.41 Å². The predicted molar refractivity (Wildman–Crippen MR) is 112 cm³/mol. The van der Waals surface area contributed by atoms with Gasteiger partial charge >= 0.3 is 0 Å². The molecular weight excluding hydrogens is 366 g/mol. The van der Waals surface area contributed by atoms with Gasteiger partial charge < -0.3 is 19.9 Å². The Kier molecular flexibility index (Phi) is 4.38. The van der Waals surface area contributed by atoms with E-state index >= 15 is 0 Å². The van der Waals surface area contributed by atoms with Gasteiger partial charge in [0.25, 0.3) is 0 Å². The number of aliphatic hydroxyl groups is 1. The van der Waals surface area contributed by atoms with Crippen LogP contribution in [0.3, 0.4) is 0 Å². The number of nitrogens with zero attached hydrogens (tertiary/aromatic N) is 6. The first-order chi connectivity index (χ1) is 14.1. The molecule has 0 atom stereocenters. The Bertz CT molecular complexity index is 1040. The molecule has 2 N–H and O–H groups in total. The minimum atomic E-state index is -0.0950. The van der Waals surface area contributed by atoms with Crippen LogP contribution < -0.4 is 10.2 Å². The van der Waals surface area contributed by atoms with Gasteiger partial charge in [-0.15, -0.1) is 0 Å². The van der Waals surface area contributed by atoms with E-state index in [9.17, 15) is 5.11 Å². The van der Waals surface area contributed by atoms with E-state index in [1.807, 2.05) is 16.7 Å². The van der Waals surface area contributed by atoms with Crippen LogP contribution in [0.5, 0.6) is 0 Å². The summed E-state index contributed by atoms with van der Waals surface area (Å²) in [6.07, 6.45) is 8.77. The Morgan fingerprint density at radius 2 is 2.03 bits per heavy atom. The van der Waals surface area contributed by atoms with E-state index in [0.29, 0.717) is 17.1 Å². The van der Waals surface area contributed by atoms with Gasteiger partial charge in [-0.05, 0) is 51.0 Å². The molecule has 1 saturated carbocycles. The van der Waals surface area contributed by atoms with Crippen LogP contribution in [-0.4, -0.2) is 42.7 Å².